The number of hydrogen-bond acceptors (Lipinski definition) is 3. The summed E-state index contributed by atoms with van der Waals surface area (Å²) in [6.45, 7) is 5.53. The van der Waals surface area contributed by atoms with Gasteiger partial charge in [-0.3, -0.25) is 0 Å². The third-order valence-corrected chi connectivity index (χ3v) is 4.80. The van der Waals surface area contributed by atoms with Gasteiger partial charge in [-0.2, -0.15) is 0 Å². The van der Waals surface area contributed by atoms with E-state index in [-0.39, 0.29) is 0 Å². The average molecular weight is 258 g/mol. The highest BCUT2D eigenvalue weighted by Gasteiger charge is 2.25. The van der Waals surface area contributed by atoms with Crippen LogP contribution in [0.25, 0.3) is 0 Å². The molecule has 94 valence electrons. The average Bonchev–Trinajstić information content (AvgIpc) is 2.80. The van der Waals surface area contributed by atoms with Gasteiger partial charge in [0.15, 0.2) is 0 Å². The molecule has 2 nitrogen and oxygen atoms in total. The molecule has 1 aromatic carbocycles. The van der Waals surface area contributed by atoms with Gasteiger partial charge in [0, 0.05) is 22.8 Å². The van der Waals surface area contributed by atoms with Gasteiger partial charge in [0.25, 0.3) is 0 Å². The second kappa shape index (κ2) is 4.32. The standard InChI is InChI=1S/C15H18N2S/c1-10-9-12(16)3-4-14(10)17-7-5-15-13(11(17)2)6-8-18-15/h3-4,6,8-9,11H,5,7,16H2,1-2H3. The Morgan fingerprint density at radius 3 is 2.94 bits per heavy atom. The number of hydrogen-bond donors (Lipinski definition) is 1. The number of thiophene rings is 1. The molecule has 0 bridgehead atoms. The quantitative estimate of drug-likeness (QED) is 0.789. The maximum Gasteiger partial charge on any atom is 0.0525 e. The maximum atomic E-state index is 5.83. The van der Waals surface area contributed by atoms with Crippen LogP contribution in [-0.4, -0.2) is 6.54 Å². The van der Waals surface area contributed by atoms with Crippen molar-refractivity contribution in [1.82, 2.24) is 0 Å². The van der Waals surface area contributed by atoms with Gasteiger partial charge >= 0.3 is 0 Å². The lowest BCUT2D eigenvalue weighted by Gasteiger charge is -2.36. The van der Waals surface area contributed by atoms with Crippen LogP contribution >= 0.6 is 11.3 Å². The fourth-order valence-corrected chi connectivity index (χ4v) is 3.80. The lowest BCUT2D eigenvalue weighted by atomic mass is 9.99. The summed E-state index contributed by atoms with van der Waals surface area (Å²) in [5.74, 6) is 0. The molecule has 0 saturated carbocycles. The maximum absolute atomic E-state index is 5.83. The van der Waals surface area contributed by atoms with Gasteiger partial charge in [0.05, 0.1) is 6.04 Å². The van der Waals surface area contributed by atoms with Crippen molar-refractivity contribution in [3.05, 3.63) is 45.6 Å². The van der Waals surface area contributed by atoms with E-state index >= 15 is 0 Å². The summed E-state index contributed by atoms with van der Waals surface area (Å²) in [6.07, 6.45) is 1.15. The Bertz CT molecular complexity index is 574. The van der Waals surface area contributed by atoms with Crippen molar-refractivity contribution in [2.24, 2.45) is 0 Å². The van der Waals surface area contributed by atoms with Gasteiger partial charge in [-0.05, 0) is 61.0 Å². The first-order valence-corrected chi connectivity index (χ1v) is 7.24. The number of anilines is 2. The molecule has 0 spiro atoms. The van der Waals surface area contributed by atoms with Crippen molar-refractivity contribution < 1.29 is 0 Å². The van der Waals surface area contributed by atoms with Gasteiger partial charge < -0.3 is 10.6 Å². The predicted molar refractivity (Wildman–Crippen MR) is 79.4 cm³/mol. The molecule has 1 aromatic heterocycles. The normalized spacial score (nSPS) is 18.8. The smallest absolute Gasteiger partial charge is 0.0525 e. The monoisotopic (exact) mass is 258 g/mol. The summed E-state index contributed by atoms with van der Waals surface area (Å²) < 4.78 is 0. The van der Waals surface area contributed by atoms with E-state index in [2.05, 4.69) is 42.3 Å². The summed E-state index contributed by atoms with van der Waals surface area (Å²) in [7, 11) is 0. The van der Waals surface area contributed by atoms with Gasteiger partial charge in [-0.15, -0.1) is 11.3 Å². The molecule has 2 aromatic rings. The SMILES string of the molecule is Cc1cc(N)ccc1N1CCc2sccc2C1C. The first-order chi connectivity index (χ1) is 8.66. The van der Waals surface area contributed by atoms with E-state index < -0.39 is 0 Å². The van der Waals surface area contributed by atoms with Crippen LogP contribution < -0.4 is 10.6 Å². The molecule has 0 fully saturated rings. The summed E-state index contributed by atoms with van der Waals surface area (Å²) in [6, 6.07) is 8.94. The van der Waals surface area contributed by atoms with E-state index in [0.29, 0.717) is 6.04 Å². The van der Waals surface area contributed by atoms with Crippen LogP contribution in [0.1, 0.15) is 29.0 Å². The zero-order valence-corrected chi connectivity index (χ0v) is 11.6. The number of aryl methyl sites for hydroxylation is 1. The van der Waals surface area contributed by atoms with E-state index in [1.807, 2.05) is 17.4 Å². The van der Waals surface area contributed by atoms with Crippen LogP contribution in [0.15, 0.2) is 29.6 Å². The summed E-state index contributed by atoms with van der Waals surface area (Å²) in [5, 5.41) is 2.21. The number of nitrogens with two attached hydrogens (primary N) is 1. The van der Waals surface area contributed by atoms with Crippen molar-refractivity contribution in [3.8, 4) is 0 Å². The third kappa shape index (κ3) is 1.79. The molecule has 2 heterocycles. The first-order valence-electron chi connectivity index (χ1n) is 6.36. The Hall–Kier alpha value is -1.48. The fraction of sp³-hybridized carbons (Fsp3) is 0.333. The highest BCUT2D eigenvalue weighted by molar-refractivity contribution is 7.10. The van der Waals surface area contributed by atoms with Gasteiger partial charge in [-0.25, -0.2) is 0 Å². The molecule has 0 radical (unpaired) electrons. The lowest BCUT2D eigenvalue weighted by Crippen LogP contribution is -2.33. The van der Waals surface area contributed by atoms with E-state index in [1.54, 1.807) is 4.88 Å². The van der Waals surface area contributed by atoms with Crippen LogP contribution in [0, 0.1) is 6.92 Å². The third-order valence-electron chi connectivity index (χ3n) is 3.81. The van der Waals surface area contributed by atoms with Crippen molar-refractivity contribution >= 4 is 22.7 Å². The van der Waals surface area contributed by atoms with E-state index in [4.69, 9.17) is 5.73 Å². The molecule has 18 heavy (non-hydrogen) atoms. The second-order valence-electron chi connectivity index (χ2n) is 4.96. The molecule has 0 aliphatic carbocycles. The minimum absolute atomic E-state index is 0.460. The Morgan fingerprint density at radius 2 is 2.17 bits per heavy atom. The number of rotatable bonds is 1. The van der Waals surface area contributed by atoms with E-state index in [1.165, 1.54) is 16.8 Å². The number of benzene rings is 1. The Morgan fingerprint density at radius 1 is 1.33 bits per heavy atom. The Balaban J connectivity index is 1.99. The zero-order valence-electron chi connectivity index (χ0n) is 10.8. The van der Waals surface area contributed by atoms with Gasteiger partial charge in [-0.1, -0.05) is 0 Å². The molecule has 3 heteroatoms. The number of fused-ring (bicyclic) bond motifs is 1. The summed E-state index contributed by atoms with van der Waals surface area (Å²) in [4.78, 5) is 4.04. The summed E-state index contributed by atoms with van der Waals surface area (Å²) in [5.41, 5.74) is 10.7. The molecule has 1 aliphatic heterocycles. The highest BCUT2D eigenvalue weighted by Crippen LogP contribution is 2.37. The Labute approximate surface area is 112 Å². The molecule has 0 amide bonds. The molecule has 1 unspecified atom stereocenters. The minimum Gasteiger partial charge on any atom is -0.399 e. The molecular formula is C15H18N2S. The van der Waals surface area contributed by atoms with E-state index in [0.717, 1.165) is 18.7 Å². The van der Waals surface area contributed by atoms with Crippen LogP contribution in [-0.2, 0) is 6.42 Å². The van der Waals surface area contributed by atoms with Crippen molar-refractivity contribution in [3.63, 3.8) is 0 Å². The number of nitrogens with zero attached hydrogens (tertiary/aromatic N) is 1. The fourth-order valence-electron chi connectivity index (χ4n) is 2.84. The van der Waals surface area contributed by atoms with Crippen molar-refractivity contribution in [2.75, 3.05) is 17.2 Å². The van der Waals surface area contributed by atoms with Gasteiger partial charge in [0.1, 0.15) is 0 Å². The van der Waals surface area contributed by atoms with Crippen LogP contribution in [0.4, 0.5) is 11.4 Å². The van der Waals surface area contributed by atoms with E-state index in [9.17, 15) is 0 Å². The topological polar surface area (TPSA) is 29.3 Å². The van der Waals surface area contributed by atoms with Crippen molar-refractivity contribution in [1.29, 1.82) is 0 Å². The van der Waals surface area contributed by atoms with Crippen molar-refractivity contribution in [2.45, 2.75) is 26.3 Å². The summed E-state index contributed by atoms with van der Waals surface area (Å²) >= 11 is 1.89. The highest BCUT2D eigenvalue weighted by atomic mass is 32.1. The molecule has 0 saturated heterocycles. The van der Waals surface area contributed by atoms with Crippen LogP contribution in [0.2, 0.25) is 0 Å². The Kier molecular flexibility index (Phi) is 2.78. The zero-order chi connectivity index (χ0) is 12.7. The van der Waals surface area contributed by atoms with Crippen LogP contribution in [0.5, 0.6) is 0 Å². The largest absolute Gasteiger partial charge is 0.399 e. The van der Waals surface area contributed by atoms with Gasteiger partial charge in [0.2, 0.25) is 0 Å². The molecule has 2 N–H and O–H groups in total. The second-order valence-corrected chi connectivity index (χ2v) is 5.97. The minimum atomic E-state index is 0.460. The predicted octanol–water partition coefficient (Wildman–Crippen LogP) is 3.76. The van der Waals surface area contributed by atoms with Crippen LogP contribution in [0.3, 0.4) is 0 Å². The first kappa shape index (κ1) is 11.6. The lowest BCUT2D eigenvalue weighted by molar-refractivity contribution is 0.631. The number of nitrogen functional groups attached to an aromatic ring is 1. The molecule has 3 rings (SSSR count). The molecular weight excluding hydrogens is 240 g/mol. The molecule has 1 aliphatic rings. The molecule has 1 atom stereocenters.